The number of hydrogen-bond acceptors (Lipinski definition) is 3. The summed E-state index contributed by atoms with van der Waals surface area (Å²) in [6.07, 6.45) is 1.97. The maximum Gasteiger partial charge on any atom is 0.229 e. The van der Waals surface area contributed by atoms with Crippen LogP contribution in [0, 0.1) is 16.7 Å². The third-order valence-corrected chi connectivity index (χ3v) is 3.94. The highest BCUT2D eigenvalue weighted by atomic mass is 16.2. The van der Waals surface area contributed by atoms with E-state index in [9.17, 15) is 4.79 Å². The molecular formula is C16H21N3O. The number of nitrogens with zero attached hydrogens (tertiary/aromatic N) is 2. The van der Waals surface area contributed by atoms with Crippen LogP contribution in [0.25, 0.3) is 0 Å². The van der Waals surface area contributed by atoms with Gasteiger partial charge >= 0.3 is 0 Å². The van der Waals surface area contributed by atoms with Gasteiger partial charge in [0.25, 0.3) is 0 Å². The molecule has 1 amide bonds. The standard InChI is InChI=1S/C16H21N3O/c1-16(7-4-8-18-12-16)15(20)19(2)11-14-6-3-5-13(9-14)10-17/h3,5-6,9,18H,4,7-8,11-12H2,1-2H3. The molecule has 106 valence electrons. The fourth-order valence-corrected chi connectivity index (χ4v) is 2.78. The highest BCUT2D eigenvalue weighted by molar-refractivity contribution is 5.82. The molecule has 20 heavy (non-hydrogen) atoms. The number of amides is 1. The Labute approximate surface area is 120 Å². The van der Waals surface area contributed by atoms with Gasteiger partial charge in [-0.05, 0) is 44.0 Å². The van der Waals surface area contributed by atoms with Crippen LogP contribution in [0.4, 0.5) is 0 Å². The summed E-state index contributed by atoms with van der Waals surface area (Å²) in [5.41, 5.74) is 1.32. The van der Waals surface area contributed by atoms with Crippen LogP contribution in [0.5, 0.6) is 0 Å². The molecule has 1 unspecified atom stereocenters. The van der Waals surface area contributed by atoms with Gasteiger partial charge in [0, 0.05) is 20.1 Å². The fourth-order valence-electron chi connectivity index (χ4n) is 2.78. The minimum atomic E-state index is -0.306. The Balaban J connectivity index is 2.05. The highest BCUT2D eigenvalue weighted by Gasteiger charge is 2.36. The summed E-state index contributed by atoms with van der Waals surface area (Å²) >= 11 is 0. The van der Waals surface area contributed by atoms with Crippen molar-refractivity contribution in [3.8, 4) is 6.07 Å². The minimum absolute atomic E-state index is 0.173. The largest absolute Gasteiger partial charge is 0.341 e. The molecule has 4 heteroatoms. The monoisotopic (exact) mass is 271 g/mol. The summed E-state index contributed by atoms with van der Waals surface area (Å²) in [4.78, 5) is 14.4. The summed E-state index contributed by atoms with van der Waals surface area (Å²) < 4.78 is 0. The average molecular weight is 271 g/mol. The second kappa shape index (κ2) is 6.06. The molecule has 1 heterocycles. The first kappa shape index (κ1) is 14.5. The summed E-state index contributed by atoms with van der Waals surface area (Å²) in [6, 6.07) is 9.55. The number of carbonyl (C=O) groups excluding carboxylic acids is 1. The van der Waals surface area contributed by atoms with Crippen LogP contribution in [0.1, 0.15) is 30.9 Å². The van der Waals surface area contributed by atoms with Crippen molar-refractivity contribution in [2.24, 2.45) is 5.41 Å². The number of nitriles is 1. The summed E-state index contributed by atoms with van der Waals surface area (Å²) in [6.45, 7) is 4.32. The molecule has 0 aromatic heterocycles. The number of benzene rings is 1. The lowest BCUT2D eigenvalue weighted by Gasteiger charge is -2.36. The minimum Gasteiger partial charge on any atom is -0.341 e. The van der Waals surface area contributed by atoms with Crippen LogP contribution in [-0.4, -0.2) is 30.9 Å². The number of rotatable bonds is 3. The maximum atomic E-state index is 12.6. The van der Waals surface area contributed by atoms with Crippen molar-refractivity contribution in [1.82, 2.24) is 10.2 Å². The van der Waals surface area contributed by atoms with Gasteiger partial charge in [0.05, 0.1) is 17.0 Å². The van der Waals surface area contributed by atoms with Crippen molar-refractivity contribution < 1.29 is 4.79 Å². The molecule has 0 aliphatic carbocycles. The molecule has 0 radical (unpaired) electrons. The van der Waals surface area contributed by atoms with Gasteiger partial charge in [0.2, 0.25) is 5.91 Å². The Morgan fingerprint density at radius 1 is 1.55 bits per heavy atom. The molecule has 4 nitrogen and oxygen atoms in total. The van der Waals surface area contributed by atoms with Crippen molar-refractivity contribution in [2.45, 2.75) is 26.3 Å². The predicted molar refractivity (Wildman–Crippen MR) is 77.8 cm³/mol. The van der Waals surface area contributed by atoms with Gasteiger partial charge in [-0.25, -0.2) is 0 Å². The quantitative estimate of drug-likeness (QED) is 0.913. The molecule has 2 rings (SSSR count). The van der Waals surface area contributed by atoms with Gasteiger partial charge in [0.15, 0.2) is 0 Å². The summed E-state index contributed by atoms with van der Waals surface area (Å²) in [5.74, 6) is 0.173. The molecule has 1 aliphatic heterocycles. The van der Waals surface area contributed by atoms with Crippen LogP contribution in [-0.2, 0) is 11.3 Å². The molecular weight excluding hydrogens is 250 g/mol. The molecule has 0 saturated carbocycles. The van der Waals surface area contributed by atoms with Gasteiger partial charge in [-0.2, -0.15) is 5.26 Å². The first-order chi connectivity index (χ1) is 9.55. The number of nitrogens with one attached hydrogen (secondary N) is 1. The fraction of sp³-hybridized carbons (Fsp3) is 0.500. The smallest absolute Gasteiger partial charge is 0.229 e. The average Bonchev–Trinajstić information content (AvgIpc) is 2.47. The van der Waals surface area contributed by atoms with E-state index in [1.54, 1.807) is 11.0 Å². The third kappa shape index (κ3) is 3.17. The molecule has 1 aromatic carbocycles. The molecule has 1 N–H and O–H groups in total. The van der Waals surface area contributed by atoms with Crippen LogP contribution in [0.3, 0.4) is 0 Å². The summed E-state index contributed by atoms with van der Waals surface area (Å²) in [7, 11) is 1.83. The van der Waals surface area contributed by atoms with Crippen LogP contribution < -0.4 is 5.32 Å². The van der Waals surface area contributed by atoms with E-state index in [4.69, 9.17) is 5.26 Å². The van der Waals surface area contributed by atoms with E-state index in [0.717, 1.165) is 31.5 Å². The van der Waals surface area contributed by atoms with Crippen LogP contribution >= 0.6 is 0 Å². The lowest BCUT2D eigenvalue weighted by atomic mass is 9.81. The van der Waals surface area contributed by atoms with Crippen molar-refractivity contribution in [3.63, 3.8) is 0 Å². The van der Waals surface area contributed by atoms with Crippen LogP contribution in [0.15, 0.2) is 24.3 Å². The Bertz CT molecular complexity index is 527. The molecule has 0 bridgehead atoms. The first-order valence-electron chi connectivity index (χ1n) is 7.00. The van der Waals surface area contributed by atoms with Gasteiger partial charge in [-0.3, -0.25) is 4.79 Å². The second-order valence-corrected chi connectivity index (χ2v) is 5.81. The molecule has 0 spiro atoms. The Hall–Kier alpha value is -1.86. The lowest BCUT2D eigenvalue weighted by molar-refractivity contribution is -0.141. The van der Waals surface area contributed by atoms with E-state index < -0.39 is 0 Å². The number of piperidine rings is 1. The lowest BCUT2D eigenvalue weighted by Crippen LogP contribution is -2.48. The first-order valence-corrected chi connectivity index (χ1v) is 7.00. The predicted octanol–water partition coefficient (Wildman–Crippen LogP) is 1.91. The van der Waals surface area contributed by atoms with Crippen molar-refractivity contribution in [3.05, 3.63) is 35.4 Å². The Morgan fingerprint density at radius 2 is 2.35 bits per heavy atom. The Morgan fingerprint density at radius 3 is 3.00 bits per heavy atom. The zero-order valence-electron chi connectivity index (χ0n) is 12.1. The van der Waals surface area contributed by atoms with Crippen molar-refractivity contribution >= 4 is 5.91 Å². The molecule has 1 saturated heterocycles. The molecule has 1 aliphatic rings. The van der Waals surface area contributed by atoms with Crippen molar-refractivity contribution in [1.29, 1.82) is 5.26 Å². The van der Waals surface area contributed by atoms with Crippen molar-refractivity contribution in [2.75, 3.05) is 20.1 Å². The van der Waals surface area contributed by atoms with E-state index >= 15 is 0 Å². The number of carbonyl (C=O) groups is 1. The summed E-state index contributed by atoms with van der Waals surface area (Å²) in [5, 5.41) is 12.2. The van der Waals surface area contributed by atoms with Gasteiger partial charge in [0.1, 0.15) is 0 Å². The molecule has 1 fully saturated rings. The van der Waals surface area contributed by atoms with Gasteiger partial charge in [-0.1, -0.05) is 12.1 Å². The van der Waals surface area contributed by atoms with Gasteiger partial charge < -0.3 is 10.2 Å². The zero-order chi connectivity index (χ0) is 14.6. The van der Waals surface area contributed by atoms with E-state index in [1.807, 2.05) is 32.2 Å². The van der Waals surface area contributed by atoms with Crippen LogP contribution in [0.2, 0.25) is 0 Å². The maximum absolute atomic E-state index is 12.6. The highest BCUT2D eigenvalue weighted by Crippen LogP contribution is 2.28. The third-order valence-electron chi connectivity index (χ3n) is 3.94. The van der Waals surface area contributed by atoms with E-state index in [1.165, 1.54) is 0 Å². The molecule has 1 aromatic rings. The zero-order valence-corrected chi connectivity index (χ0v) is 12.1. The Kier molecular flexibility index (Phi) is 4.41. The topological polar surface area (TPSA) is 56.1 Å². The van der Waals surface area contributed by atoms with Gasteiger partial charge in [-0.15, -0.1) is 0 Å². The normalized spacial score (nSPS) is 22.1. The van der Waals surface area contributed by atoms with E-state index in [0.29, 0.717) is 12.1 Å². The second-order valence-electron chi connectivity index (χ2n) is 5.81. The van der Waals surface area contributed by atoms with E-state index in [-0.39, 0.29) is 11.3 Å². The van der Waals surface area contributed by atoms with E-state index in [2.05, 4.69) is 11.4 Å². The molecule has 1 atom stereocenters. The number of hydrogen-bond donors (Lipinski definition) is 1. The SMILES string of the molecule is CN(Cc1cccc(C#N)c1)C(=O)C1(C)CCCNC1.